The van der Waals surface area contributed by atoms with Crippen molar-refractivity contribution in [2.75, 3.05) is 12.4 Å². The van der Waals surface area contributed by atoms with Crippen LogP contribution in [-0.4, -0.2) is 23.9 Å². The molecule has 0 spiro atoms. The topological polar surface area (TPSA) is 46.2 Å². The molecule has 2 nitrogen and oxygen atoms in total. The lowest BCUT2D eigenvalue weighted by molar-refractivity contribution is 0.177. The Morgan fingerprint density at radius 2 is 2.00 bits per heavy atom. The van der Waals surface area contributed by atoms with Crippen LogP contribution in [0.1, 0.15) is 18.0 Å². The molecule has 0 aromatic heterocycles. The molecule has 16 heavy (non-hydrogen) atoms. The van der Waals surface area contributed by atoms with Gasteiger partial charge in [-0.2, -0.15) is 0 Å². The maximum absolute atomic E-state index is 12.1. The second-order valence-electron chi connectivity index (χ2n) is 3.36. The van der Waals surface area contributed by atoms with Crippen LogP contribution in [0.15, 0.2) is 29.2 Å². The number of aliphatic hydroxyl groups excluding tert-OH is 1. The van der Waals surface area contributed by atoms with Crippen LogP contribution in [-0.2, 0) is 0 Å². The minimum Gasteiger partial charge on any atom is -0.396 e. The van der Waals surface area contributed by atoms with Gasteiger partial charge in [-0.15, -0.1) is 11.8 Å². The smallest absolute Gasteiger partial charge is 0.247 e. The van der Waals surface area contributed by atoms with Crippen molar-refractivity contribution < 1.29 is 13.9 Å². The third kappa shape index (κ3) is 4.08. The van der Waals surface area contributed by atoms with Crippen LogP contribution in [0.5, 0.6) is 0 Å². The van der Waals surface area contributed by atoms with Gasteiger partial charge in [-0.3, -0.25) is 0 Å². The second-order valence-corrected chi connectivity index (χ2v) is 4.42. The molecule has 0 heterocycles. The van der Waals surface area contributed by atoms with Crippen LogP contribution >= 0.6 is 11.8 Å². The van der Waals surface area contributed by atoms with Crippen molar-refractivity contribution in [2.24, 2.45) is 5.73 Å². The van der Waals surface area contributed by atoms with Gasteiger partial charge in [-0.25, -0.2) is 8.78 Å². The summed E-state index contributed by atoms with van der Waals surface area (Å²) in [5.74, 6) is -0.233. The Morgan fingerprint density at radius 1 is 1.31 bits per heavy atom. The molecule has 0 aliphatic rings. The van der Waals surface area contributed by atoms with E-state index in [1.54, 1.807) is 12.1 Å². The summed E-state index contributed by atoms with van der Waals surface area (Å²) in [4.78, 5) is 0.767. The number of aliphatic hydroxyl groups is 1. The van der Waals surface area contributed by atoms with E-state index < -0.39 is 6.43 Å². The number of benzene rings is 1. The van der Waals surface area contributed by atoms with Crippen LogP contribution < -0.4 is 5.73 Å². The highest BCUT2D eigenvalue weighted by Crippen LogP contribution is 2.28. The zero-order valence-corrected chi connectivity index (χ0v) is 9.59. The Labute approximate surface area is 97.8 Å². The van der Waals surface area contributed by atoms with E-state index in [1.165, 1.54) is 0 Å². The molecule has 90 valence electrons. The Bertz CT molecular complexity index is 323. The normalized spacial score (nSPS) is 13.1. The van der Waals surface area contributed by atoms with Gasteiger partial charge in [0.25, 0.3) is 0 Å². The predicted octanol–water partition coefficient (Wildman–Crippen LogP) is 2.43. The molecule has 0 aliphatic heterocycles. The molecular formula is C11H15F2NOS. The van der Waals surface area contributed by atoms with Crippen molar-refractivity contribution in [1.29, 1.82) is 0 Å². The highest BCUT2D eigenvalue weighted by molar-refractivity contribution is 7.99. The maximum Gasteiger partial charge on any atom is 0.247 e. The van der Waals surface area contributed by atoms with Crippen molar-refractivity contribution in [3.8, 4) is 0 Å². The van der Waals surface area contributed by atoms with E-state index >= 15 is 0 Å². The number of thioether (sulfide) groups is 1. The molecule has 1 unspecified atom stereocenters. The van der Waals surface area contributed by atoms with Crippen molar-refractivity contribution >= 4 is 11.8 Å². The first-order valence-corrected chi connectivity index (χ1v) is 6.00. The zero-order chi connectivity index (χ0) is 12.0. The van der Waals surface area contributed by atoms with Crippen molar-refractivity contribution in [3.63, 3.8) is 0 Å². The number of alkyl halides is 2. The zero-order valence-electron chi connectivity index (χ0n) is 8.77. The minimum atomic E-state index is -2.33. The molecule has 0 saturated carbocycles. The van der Waals surface area contributed by atoms with Crippen LogP contribution in [0.4, 0.5) is 8.78 Å². The lowest BCUT2D eigenvalue weighted by Gasteiger charge is -2.14. The van der Waals surface area contributed by atoms with E-state index in [2.05, 4.69) is 0 Å². The van der Waals surface area contributed by atoms with E-state index in [0.29, 0.717) is 6.42 Å². The molecule has 1 aromatic rings. The van der Waals surface area contributed by atoms with E-state index in [1.807, 2.05) is 12.1 Å². The lowest BCUT2D eigenvalue weighted by Crippen LogP contribution is -2.13. The van der Waals surface area contributed by atoms with E-state index in [4.69, 9.17) is 10.8 Å². The molecule has 5 heteroatoms. The Balaban J connectivity index is 2.74. The van der Waals surface area contributed by atoms with Crippen molar-refractivity contribution in [1.82, 2.24) is 0 Å². The largest absolute Gasteiger partial charge is 0.396 e. The van der Waals surface area contributed by atoms with E-state index in [9.17, 15) is 8.78 Å². The quantitative estimate of drug-likeness (QED) is 0.759. The molecule has 0 radical (unpaired) electrons. The summed E-state index contributed by atoms with van der Waals surface area (Å²) in [6, 6.07) is 6.90. The first-order chi connectivity index (χ1) is 7.65. The van der Waals surface area contributed by atoms with Gasteiger partial charge in [0.2, 0.25) is 6.43 Å². The van der Waals surface area contributed by atoms with Gasteiger partial charge in [0.15, 0.2) is 0 Å². The monoisotopic (exact) mass is 247 g/mol. The maximum atomic E-state index is 12.1. The summed E-state index contributed by atoms with van der Waals surface area (Å²) in [7, 11) is 0. The Hall–Kier alpha value is -0.650. The van der Waals surface area contributed by atoms with Crippen LogP contribution in [0.2, 0.25) is 0 Å². The van der Waals surface area contributed by atoms with E-state index in [-0.39, 0.29) is 18.4 Å². The number of halogens is 2. The van der Waals surface area contributed by atoms with Gasteiger partial charge < -0.3 is 10.8 Å². The summed E-state index contributed by atoms with van der Waals surface area (Å²) >= 11 is 1.10. The molecule has 0 aliphatic carbocycles. The van der Waals surface area contributed by atoms with E-state index in [0.717, 1.165) is 22.2 Å². The summed E-state index contributed by atoms with van der Waals surface area (Å²) in [5.41, 5.74) is 6.67. The molecule has 1 aromatic carbocycles. The van der Waals surface area contributed by atoms with Gasteiger partial charge in [0.1, 0.15) is 0 Å². The fraction of sp³-hybridized carbons (Fsp3) is 0.455. The van der Waals surface area contributed by atoms with Gasteiger partial charge in [0.05, 0.1) is 5.75 Å². The van der Waals surface area contributed by atoms with Gasteiger partial charge >= 0.3 is 0 Å². The third-order valence-corrected chi connectivity index (χ3v) is 3.22. The molecule has 0 fully saturated rings. The van der Waals surface area contributed by atoms with Crippen molar-refractivity contribution in [2.45, 2.75) is 23.8 Å². The summed E-state index contributed by atoms with van der Waals surface area (Å²) in [5, 5.41) is 8.80. The number of hydrogen-bond acceptors (Lipinski definition) is 3. The SMILES string of the molecule is NC(CCO)c1ccccc1SCC(F)F. The minimum absolute atomic E-state index is 0.00495. The first kappa shape index (κ1) is 13.4. The molecule has 0 amide bonds. The van der Waals surface area contributed by atoms with Crippen molar-refractivity contribution in [3.05, 3.63) is 29.8 Å². The second kappa shape index (κ2) is 6.83. The summed E-state index contributed by atoms with van der Waals surface area (Å²) < 4.78 is 24.2. The fourth-order valence-electron chi connectivity index (χ4n) is 1.37. The lowest BCUT2D eigenvalue weighted by atomic mass is 10.1. The Kier molecular flexibility index (Phi) is 5.73. The molecule has 1 rings (SSSR count). The summed E-state index contributed by atoms with van der Waals surface area (Å²) in [6.07, 6.45) is -1.89. The molecule has 0 saturated heterocycles. The standard InChI is InChI=1S/C11H15F2NOS/c12-11(13)7-16-10-4-2-1-3-8(10)9(14)5-6-15/h1-4,9,11,15H,5-7,14H2. The molecule has 0 bridgehead atoms. The van der Waals surface area contributed by atoms with Crippen LogP contribution in [0, 0.1) is 0 Å². The summed E-state index contributed by atoms with van der Waals surface area (Å²) in [6.45, 7) is -0.00495. The van der Waals surface area contributed by atoms with Crippen LogP contribution in [0.3, 0.4) is 0 Å². The highest BCUT2D eigenvalue weighted by atomic mass is 32.2. The van der Waals surface area contributed by atoms with Crippen LogP contribution in [0.25, 0.3) is 0 Å². The average Bonchev–Trinajstić information content (AvgIpc) is 2.27. The fourth-order valence-corrected chi connectivity index (χ4v) is 2.23. The molecule has 1 atom stereocenters. The highest BCUT2D eigenvalue weighted by Gasteiger charge is 2.12. The van der Waals surface area contributed by atoms with Gasteiger partial charge in [0, 0.05) is 17.5 Å². The average molecular weight is 247 g/mol. The third-order valence-electron chi connectivity index (χ3n) is 2.12. The number of nitrogens with two attached hydrogens (primary N) is 1. The first-order valence-electron chi connectivity index (χ1n) is 5.01. The Morgan fingerprint density at radius 3 is 2.62 bits per heavy atom. The predicted molar refractivity (Wildman–Crippen MR) is 61.8 cm³/mol. The molecule has 3 N–H and O–H groups in total. The van der Waals surface area contributed by atoms with Gasteiger partial charge in [-0.05, 0) is 18.1 Å². The van der Waals surface area contributed by atoms with Gasteiger partial charge in [-0.1, -0.05) is 18.2 Å². The molecular weight excluding hydrogens is 232 g/mol. The number of hydrogen-bond donors (Lipinski definition) is 2. The number of rotatable bonds is 6.